The number of rotatable bonds is 3. The summed E-state index contributed by atoms with van der Waals surface area (Å²) in [6, 6.07) is 0. The average Bonchev–Trinajstić information content (AvgIpc) is 2.10. The van der Waals surface area contributed by atoms with E-state index in [0.717, 1.165) is 0 Å². The van der Waals surface area contributed by atoms with E-state index in [-0.39, 0.29) is 19.3 Å². The third kappa shape index (κ3) is 3.07. The van der Waals surface area contributed by atoms with Crippen LogP contribution in [0.15, 0.2) is 10.8 Å². The first-order valence-electron chi connectivity index (χ1n) is 3.76. The Kier molecular flexibility index (Phi) is 4.38. The fourth-order valence-corrected chi connectivity index (χ4v) is 2.23. The van der Waals surface area contributed by atoms with Crippen molar-refractivity contribution in [1.29, 1.82) is 0 Å². The van der Waals surface area contributed by atoms with Crippen LogP contribution in [0, 0.1) is 3.57 Å². The van der Waals surface area contributed by atoms with Crippen LogP contribution in [0.25, 0.3) is 0 Å². The molecule has 82 valence electrons. The predicted octanol–water partition coefficient (Wildman–Crippen LogP) is 3.01. The van der Waals surface area contributed by atoms with E-state index in [1.54, 1.807) is 22.6 Å². The van der Waals surface area contributed by atoms with Crippen LogP contribution in [0.2, 0.25) is 0 Å². The molecule has 1 rings (SSSR count). The predicted molar refractivity (Wildman–Crippen MR) is 61.0 cm³/mol. The molecule has 0 saturated heterocycles. The van der Waals surface area contributed by atoms with Crippen molar-refractivity contribution in [2.45, 2.75) is 12.8 Å². The summed E-state index contributed by atoms with van der Waals surface area (Å²) in [6.07, 6.45) is -1.90. The summed E-state index contributed by atoms with van der Waals surface area (Å²) in [5, 5.41) is 8.59. The molecule has 15 heavy (non-hydrogen) atoms. The van der Waals surface area contributed by atoms with Crippen LogP contribution in [-0.2, 0) is 11.2 Å². The standard InChI is InChI=1S/C8H5BrF2INO2/c9-7-3(1-5(14)15)6(8(10)11)4(12)2-13-7/h2,8H,1H2,(H,14,15). The normalized spacial score (nSPS) is 10.7. The Hall–Kier alpha value is -0.310. The van der Waals surface area contributed by atoms with Gasteiger partial charge in [0.05, 0.1) is 6.42 Å². The van der Waals surface area contributed by atoms with Gasteiger partial charge in [-0.05, 0) is 38.5 Å². The lowest BCUT2D eigenvalue weighted by Crippen LogP contribution is -2.08. The molecule has 1 N–H and O–H groups in total. The Morgan fingerprint density at radius 1 is 1.67 bits per heavy atom. The summed E-state index contributed by atoms with van der Waals surface area (Å²) in [4.78, 5) is 14.3. The van der Waals surface area contributed by atoms with Gasteiger partial charge < -0.3 is 5.11 Å². The van der Waals surface area contributed by atoms with Gasteiger partial charge >= 0.3 is 5.97 Å². The minimum absolute atomic E-state index is 0.0319. The highest BCUT2D eigenvalue weighted by atomic mass is 127. The Morgan fingerprint density at radius 2 is 2.27 bits per heavy atom. The largest absolute Gasteiger partial charge is 0.481 e. The van der Waals surface area contributed by atoms with Crippen LogP contribution in [-0.4, -0.2) is 16.1 Å². The van der Waals surface area contributed by atoms with Gasteiger partial charge in [-0.3, -0.25) is 4.79 Å². The van der Waals surface area contributed by atoms with Crippen LogP contribution in [0.4, 0.5) is 8.78 Å². The lowest BCUT2D eigenvalue weighted by molar-refractivity contribution is -0.136. The molecule has 1 heterocycles. The number of hydrogen-bond donors (Lipinski definition) is 1. The average molecular weight is 392 g/mol. The van der Waals surface area contributed by atoms with Gasteiger partial charge in [-0.1, -0.05) is 0 Å². The summed E-state index contributed by atoms with van der Waals surface area (Å²) < 4.78 is 25.8. The van der Waals surface area contributed by atoms with E-state index in [1.807, 2.05) is 0 Å². The molecular formula is C8H5BrF2INO2. The molecule has 0 fully saturated rings. The zero-order valence-corrected chi connectivity index (χ0v) is 10.9. The van der Waals surface area contributed by atoms with Crippen molar-refractivity contribution >= 4 is 44.5 Å². The zero-order chi connectivity index (χ0) is 11.6. The van der Waals surface area contributed by atoms with Crippen LogP contribution < -0.4 is 0 Å². The van der Waals surface area contributed by atoms with E-state index in [0.29, 0.717) is 0 Å². The Balaban J connectivity index is 3.31. The number of carboxylic acids is 1. The molecule has 7 heteroatoms. The number of aliphatic carboxylic acids is 1. The monoisotopic (exact) mass is 391 g/mol. The van der Waals surface area contributed by atoms with Crippen molar-refractivity contribution in [3.63, 3.8) is 0 Å². The SMILES string of the molecule is O=C(O)Cc1c(Br)ncc(I)c1C(F)F. The van der Waals surface area contributed by atoms with Crippen molar-refractivity contribution in [2.24, 2.45) is 0 Å². The van der Waals surface area contributed by atoms with Gasteiger partial charge in [-0.15, -0.1) is 0 Å². The van der Waals surface area contributed by atoms with E-state index in [1.165, 1.54) is 6.20 Å². The van der Waals surface area contributed by atoms with Gasteiger partial charge in [0.15, 0.2) is 0 Å². The molecule has 1 aromatic rings. The minimum Gasteiger partial charge on any atom is -0.481 e. The lowest BCUT2D eigenvalue weighted by Gasteiger charge is -2.10. The highest BCUT2D eigenvalue weighted by Gasteiger charge is 2.21. The van der Waals surface area contributed by atoms with Gasteiger partial charge in [0.25, 0.3) is 6.43 Å². The summed E-state index contributed by atoms with van der Waals surface area (Å²) >= 11 is 4.68. The maximum absolute atomic E-state index is 12.7. The minimum atomic E-state index is -2.70. The molecule has 0 bridgehead atoms. The van der Waals surface area contributed by atoms with E-state index < -0.39 is 18.8 Å². The van der Waals surface area contributed by atoms with Crippen LogP contribution in [0.5, 0.6) is 0 Å². The van der Waals surface area contributed by atoms with Gasteiger partial charge in [-0.25, -0.2) is 13.8 Å². The quantitative estimate of drug-likeness (QED) is 0.636. The summed E-state index contributed by atoms with van der Waals surface area (Å²) in [6.45, 7) is 0. The van der Waals surface area contributed by atoms with Gasteiger partial charge in [-0.2, -0.15) is 0 Å². The first-order chi connectivity index (χ1) is 6.93. The molecular weight excluding hydrogens is 387 g/mol. The maximum Gasteiger partial charge on any atom is 0.307 e. The Morgan fingerprint density at radius 3 is 2.73 bits per heavy atom. The molecule has 0 atom stereocenters. The number of carboxylic acid groups (broad SMARTS) is 1. The highest BCUT2D eigenvalue weighted by molar-refractivity contribution is 14.1. The fraction of sp³-hybridized carbons (Fsp3) is 0.250. The molecule has 1 aromatic heterocycles. The first kappa shape index (κ1) is 12.8. The second kappa shape index (κ2) is 5.15. The highest BCUT2D eigenvalue weighted by Crippen LogP contribution is 2.31. The smallest absolute Gasteiger partial charge is 0.307 e. The molecule has 0 radical (unpaired) electrons. The van der Waals surface area contributed by atoms with Gasteiger partial charge in [0.2, 0.25) is 0 Å². The number of aromatic nitrogens is 1. The Labute approximate surface area is 106 Å². The number of nitrogens with zero attached hydrogens (tertiary/aromatic N) is 1. The second-order valence-electron chi connectivity index (χ2n) is 2.66. The van der Waals surface area contributed by atoms with E-state index in [4.69, 9.17) is 5.11 Å². The van der Waals surface area contributed by atoms with Crippen LogP contribution in [0.3, 0.4) is 0 Å². The third-order valence-corrected chi connectivity index (χ3v) is 3.21. The number of pyridine rings is 1. The molecule has 0 aliphatic heterocycles. The van der Waals surface area contributed by atoms with Crippen molar-refractivity contribution in [3.8, 4) is 0 Å². The van der Waals surface area contributed by atoms with E-state index in [9.17, 15) is 13.6 Å². The van der Waals surface area contributed by atoms with Crippen molar-refractivity contribution < 1.29 is 18.7 Å². The molecule has 0 saturated carbocycles. The molecule has 0 amide bonds. The summed E-state index contributed by atoms with van der Waals surface area (Å²) in [5.41, 5.74) is -0.232. The first-order valence-corrected chi connectivity index (χ1v) is 5.63. The number of hydrogen-bond acceptors (Lipinski definition) is 2. The van der Waals surface area contributed by atoms with Crippen molar-refractivity contribution in [2.75, 3.05) is 0 Å². The van der Waals surface area contributed by atoms with E-state index >= 15 is 0 Å². The summed E-state index contributed by atoms with van der Waals surface area (Å²) in [7, 11) is 0. The van der Waals surface area contributed by atoms with Crippen molar-refractivity contribution in [3.05, 3.63) is 25.5 Å². The lowest BCUT2D eigenvalue weighted by atomic mass is 10.1. The summed E-state index contributed by atoms with van der Waals surface area (Å²) in [5.74, 6) is -1.17. The molecule has 0 aliphatic carbocycles. The number of carbonyl (C=O) groups is 1. The van der Waals surface area contributed by atoms with Crippen molar-refractivity contribution in [1.82, 2.24) is 4.98 Å². The molecule has 0 unspecified atom stereocenters. The number of halogens is 4. The zero-order valence-electron chi connectivity index (χ0n) is 7.18. The topological polar surface area (TPSA) is 50.2 Å². The second-order valence-corrected chi connectivity index (χ2v) is 4.57. The molecule has 0 spiro atoms. The van der Waals surface area contributed by atoms with Gasteiger partial charge in [0, 0.05) is 20.9 Å². The molecule has 0 aliphatic rings. The fourth-order valence-electron chi connectivity index (χ4n) is 1.07. The maximum atomic E-state index is 12.7. The third-order valence-electron chi connectivity index (χ3n) is 1.67. The van der Waals surface area contributed by atoms with Crippen LogP contribution in [0.1, 0.15) is 17.6 Å². The molecule has 0 aromatic carbocycles. The van der Waals surface area contributed by atoms with Crippen LogP contribution >= 0.6 is 38.5 Å². The number of alkyl halides is 2. The van der Waals surface area contributed by atoms with E-state index in [2.05, 4.69) is 20.9 Å². The van der Waals surface area contributed by atoms with Gasteiger partial charge in [0.1, 0.15) is 4.60 Å². The molecule has 3 nitrogen and oxygen atoms in total. The Bertz CT molecular complexity index is 400.